The molecule has 5 heteroatoms. The largest absolute Gasteiger partial charge is 0.341 e. The van der Waals surface area contributed by atoms with Crippen LogP contribution in [0.5, 0.6) is 0 Å². The van der Waals surface area contributed by atoms with Gasteiger partial charge in [0.25, 0.3) is 5.91 Å². The normalized spacial score (nSPS) is 12.0. The van der Waals surface area contributed by atoms with Crippen molar-refractivity contribution in [1.82, 2.24) is 15.5 Å². The van der Waals surface area contributed by atoms with Crippen LogP contribution in [0.2, 0.25) is 0 Å². The molecule has 2 aromatic carbocycles. The number of nitrogens with zero attached hydrogens (tertiary/aromatic N) is 2. The summed E-state index contributed by atoms with van der Waals surface area (Å²) in [4.78, 5) is 16.7. The number of aromatic nitrogens is 2. The highest BCUT2D eigenvalue weighted by Gasteiger charge is 2.18. The summed E-state index contributed by atoms with van der Waals surface area (Å²) in [5.74, 6) is 0.731. The van der Waals surface area contributed by atoms with E-state index in [9.17, 15) is 4.79 Å². The number of nitrogens with one attached hydrogen (secondary N) is 1. The average Bonchev–Trinajstić information content (AvgIpc) is 3.05. The first-order valence-corrected chi connectivity index (χ1v) is 7.81. The first kappa shape index (κ1) is 15.9. The van der Waals surface area contributed by atoms with Crippen LogP contribution < -0.4 is 5.32 Å². The molecule has 122 valence electrons. The zero-order valence-corrected chi connectivity index (χ0v) is 13.9. The summed E-state index contributed by atoms with van der Waals surface area (Å²) in [5, 5.41) is 6.87. The molecule has 24 heavy (non-hydrogen) atoms. The molecule has 0 aliphatic rings. The summed E-state index contributed by atoms with van der Waals surface area (Å²) in [6.07, 6.45) is 0. The van der Waals surface area contributed by atoms with Crippen LogP contribution in [0, 0.1) is 13.8 Å². The van der Waals surface area contributed by atoms with Crippen LogP contribution in [0.15, 0.2) is 53.1 Å². The maximum Gasteiger partial charge on any atom is 0.251 e. The minimum atomic E-state index is -0.371. The lowest BCUT2D eigenvalue weighted by atomic mass is 10.1. The van der Waals surface area contributed by atoms with E-state index in [-0.39, 0.29) is 11.9 Å². The zero-order valence-electron chi connectivity index (χ0n) is 13.9. The lowest BCUT2D eigenvalue weighted by molar-refractivity contribution is 0.0932. The summed E-state index contributed by atoms with van der Waals surface area (Å²) in [6, 6.07) is 14.9. The van der Waals surface area contributed by atoms with E-state index in [0.29, 0.717) is 17.3 Å². The summed E-state index contributed by atoms with van der Waals surface area (Å²) < 4.78 is 5.30. The van der Waals surface area contributed by atoms with Crippen LogP contribution in [-0.4, -0.2) is 16.0 Å². The molecule has 0 aliphatic carbocycles. The molecular formula is C19H19N3O2. The van der Waals surface area contributed by atoms with Gasteiger partial charge >= 0.3 is 0 Å². The molecule has 1 heterocycles. The Hall–Kier alpha value is -2.95. The van der Waals surface area contributed by atoms with Crippen molar-refractivity contribution in [2.24, 2.45) is 0 Å². The third-order valence-electron chi connectivity index (χ3n) is 3.75. The van der Waals surface area contributed by atoms with E-state index in [1.807, 2.05) is 63.2 Å². The number of amides is 1. The molecule has 0 saturated heterocycles. The van der Waals surface area contributed by atoms with Gasteiger partial charge in [-0.1, -0.05) is 52.7 Å². The van der Waals surface area contributed by atoms with E-state index in [4.69, 9.17) is 4.52 Å². The molecule has 1 atom stereocenters. The average molecular weight is 321 g/mol. The molecule has 1 aromatic heterocycles. The van der Waals surface area contributed by atoms with E-state index in [2.05, 4.69) is 15.5 Å². The lowest BCUT2D eigenvalue weighted by Gasteiger charge is -2.09. The van der Waals surface area contributed by atoms with Crippen molar-refractivity contribution in [1.29, 1.82) is 0 Å². The number of rotatable bonds is 4. The minimum Gasteiger partial charge on any atom is -0.341 e. The summed E-state index contributed by atoms with van der Waals surface area (Å²) in [7, 11) is 0. The van der Waals surface area contributed by atoms with Crippen molar-refractivity contribution < 1.29 is 9.32 Å². The molecule has 0 saturated carbocycles. The van der Waals surface area contributed by atoms with Crippen LogP contribution in [0.1, 0.15) is 40.3 Å². The lowest BCUT2D eigenvalue weighted by Crippen LogP contribution is -2.26. The Morgan fingerprint density at radius 3 is 2.54 bits per heavy atom. The maximum absolute atomic E-state index is 12.3. The maximum atomic E-state index is 12.3. The molecule has 3 aromatic rings. The van der Waals surface area contributed by atoms with Crippen molar-refractivity contribution in [3.63, 3.8) is 0 Å². The van der Waals surface area contributed by atoms with Crippen LogP contribution in [0.25, 0.3) is 11.4 Å². The molecule has 0 fully saturated rings. The molecule has 0 bridgehead atoms. The van der Waals surface area contributed by atoms with Crippen molar-refractivity contribution >= 4 is 5.91 Å². The Morgan fingerprint density at radius 2 is 1.83 bits per heavy atom. The van der Waals surface area contributed by atoms with Gasteiger partial charge in [-0.15, -0.1) is 0 Å². The van der Waals surface area contributed by atoms with Gasteiger partial charge in [-0.05, 0) is 32.9 Å². The second-order valence-electron chi connectivity index (χ2n) is 5.89. The highest BCUT2D eigenvalue weighted by molar-refractivity contribution is 5.94. The molecule has 0 radical (unpaired) electrons. The molecule has 5 nitrogen and oxygen atoms in total. The van der Waals surface area contributed by atoms with Gasteiger partial charge in [-0.3, -0.25) is 4.79 Å². The third kappa shape index (κ3) is 3.51. The fraction of sp³-hybridized carbons (Fsp3) is 0.211. The van der Waals surface area contributed by atoms with Crippen molar-refractivity contribution in [2.75, 3.05) is 0 Å². The quantitative estimate of drug-likeness (QED) is 0.792. The molecule has 1 N–H and O–H groups in total. The van der Waals surface area contributed by atoms with Crippen LogP contribution in [-0.2, 0) is 0 Å². The first-order chi connectivity index (χ1) is 11.5. The predicted molar refractivity (Wildman–Crippen MR) is 91.5 cm³/mol. The Labute approximate surface area is 140 Å². The van der Waals surface area contributed by atoms with E-state index >= 15 is 0 Å². The van der Waals surface area contributed by atoms with Crippen LogP contribution in [0.4, 0.5) is 0 Å². The molecule has 0 unspecified atom stereocenters. The standard InChI is InChI=1S/C19H19N3O2/c1-12-7-9-15(10-8-12)17-21-19(24-22-17)14(3)20-18(23)16-6-4-5-13(2)11-16/h4-11,14H,1-3H3,(H,20,23)/t14-/m0/s1. The van der Waals surface area contributed by atoms with E-state index < -0.39 is 0 Å². The topological polar surface area (TPSA) is 68.0 Å². The number of carbonyl (C=O) groups excluding carboxylic acids is 1. The van der Waals surface area contributed by atoms with E-state index in [0.717, 1.165) is 11.1 Å². The Kier molecular flexibility index (Phi) is 4.42. The molecule has 1 amide bonds. The first-order valence-electron chi connectivity index (χ1n) is 7.81. The molecule has 3 rings (SSSR count). The van der Waals surface area contributed by atoms with Crippen molar-refractivity contribution in [3.8, 4) is 11.4 Å². The molecule has 0 aliphatic heterocycles. The third-order valence-corrected chi connectivity index (χ3v) is 3.75. The highest BCUT2D eigenvalue weighted by atomic mass is 16.5. The molecule has 0 spiro atoms. The fourth-order valence-corrected chi connectivity index (χ4v) is 2.36. The number of carbonyl (C=O) groups is 1. The van der Waals surface area contributed by atoms with Gasteiger partial charge in [0.15, 0.2) is 0 Å². The van der Waals surface area contributed by atoms with E-state index in [1.54, 1.807) is 6.07 Å². The van der Waals surface area contributed by atoms with Gasteiger partial charge in [-0.2, -0.15) is 4.98 Å². The smallest absolute Gasteiger partial charge is 0.251 e. The van der Waals surface area contributed by atoms with E-state index in [1.165, 1.54) is 5.56 Å². The Bertz CT molecular complexity index is 853. The highest BCUT2D eigenvalue weighted by Crippen LogP contribution is 2.19. The SMILES string of the molecule is Cc1ccc(-c2noc([C@H](C)NC(=O)c3cccc(C)c3)n2)cc1. The van der Waals surface area contributed by atoms with Gasteiger partial charge in [-0.25, -0.2) is 0 Å². The second kappa shape index (κ2) is 6.66. The monoisotopic (exact) mass is 321 g/mol. The minimum absolute atomic E-state index is 0.165. The predicted octanol–water partition coefficient (Wildman–Crippen LogP) is 3.84. The second-order valence-corrected chi connectivity index (χ2v) is 5.89. The number of hydrogen-bond acceptors (Lipinski definition) is 4. The van der Waals surface area contributed by atoms with Gasteiger partial charge < -0.3 is 9.84 Å². The summed E-state index contributed by atoms with van der Waals surface area (Å²) in [6.45, 7) is 5.79. The number of aryl methyl sites for hydroxylation is 2. The van der Waals surface area contributed by atoms with Crippen molar-refractivity contribution in [3.05, 3.63) is 71.1 Å². The van der Waals surface area contributed by atoms with Gasteiger partial charge in [0.05, 0.1) is 0 Å². The number of hydrogen-bond donors (Lipinski definition) is 1. The van der Waals surface area contributed by atoms with Gasteiger partial charge in [0.2, 0.25) is 11.7 Å². The fourth-order valence-electron chi connectivity index (χ4n) is 2.36. The Morgan fingerprint density at radius 1 is 1.08 bits per heavy atom. The number of benzene rings is 2. The van der Waals surface area contributed by atoms with Crippen molar-refractivity contribution in [2.45, 2.75) is 26.8 Å². The van der Waals surface area contributed by atoms with Gasteiger partial charge in [0, 0.05) is 11.1 Å². The van der Waals surface area contributed by atoms with Crippen LogP contribution in [0.3, 0.4) is 0 Å². The zero-order chi connectivity index (χ0) is 17.1. The van der Waals surface area contributed by atoms with Crippen LogP contribution >= 0.6 is 0 Å². The Balaban J connectivity index is 1.73. The summed E-state index contributed by atoms with van der Waals surface area (Å²) >= 11 is 0. The summed E-state index contributed by atoms with van der Waals surface area (Å²) in [5.41, 5.74) is 3.70. The molecular weight excluding hydrogens is 302 g/mol. The van der Waals surface area contributed by atoms with Gasteiger partial charge in [0.1, 0.15) is 6.04 Å².